The molecule has 8 heteroatoms. The van der Waals surface area contributed by atoms with Crippen LogP contribution in [0.25, 0.3) is 0 Å². The van der Waals surface area contributed by atoms with Gasteiger partial charge >= 0.3 is 0 Å². The van der Waals surface area contributed by atoms with Gasteiger partial charge in [0.25, 0.3) is 0 Å². The maximum Gasteiger partial charge on any atom is 0.231 e. The van der Waals surface area contributed by atoms with Crippen molar-refractivity contribution >= 4 is 29.9 Å². The summed E-state index contributed by atoms with van der Waals surface area (Å²) in [7, 11) is 0. The summed E-state index contributed by atoms with van der Waals surface area (Å²) < 4.78 is 21.7. The van der Waals surface area contributed by atoms with E-state index in [-0.39, 0.29) is 30.8 Å². The van der Waals surface area contributed by atoms with Gasteiger partial charge in [-0.3, -0.25) is 4.99 Å². The molecule has 0 radical (unpaired) electrons. The van der Waals surface area contributed by atoms with E-state index >= 15 is 0 Å². The molecule has 1 heterocycles. The van der Waals surface area contributed by atoms with Gasteiger partial charge < -0.3 is 29.6 Å². The Labute approximate surface area is 172 Å². The first-order chi connectivity index (χ1) is 12.3. The number of ether oxygens (including phenoxy) is 4. The number of hydrogen-bond acceptors (Lipinski definition) is 5. The number of rotatable bonds is 11. The van der Waals surface area contributed by atoms with Crippen LogP contribution in [0.15, 0.2) is 23.2 Å². The first-order valence-electron chi connectivity index (χ1n) is 8.95. The molecule has 0 aliphatic carbocycles. The molecule has 0 atom stereocenters. The molecular formula is C18H30IN3O4. The first kappa shape index (κ1) is 22.6. The summed E-state index contributed by atoms with van der Waals surface area (Å²) in [5.41, 5.74) is 0. The van der Waals surface area contributed by atoms with Gasteiger partial charge in [0.15, 0.2) is 17.5 Å². The highest BCUT2D eigenvalue weighted by atomic mass is 127. The molecular weight excluding hydrogens is 449 g/mol. The van der Waals surface area contributed by atoms with Crippen LogP contribution in [0.1, 0.15) is 26.7 Å². The second kappa shape index (κ2) is 13.7. The third-order valence-electron chi connectivity index (χ3n) is 3.52. The Morgan fingerprint density at radius 3 is 2.77 bits per heavy atom. The molecule has 0 aromatic heterocycles. The van der Waals surface area contributed by atoms with Crippen LogP contribution < -0.4 is 24.8 Å². The van der Waals surface area contributed by atoms with E-state index in [1.54, 1.807) is 0 Å². The smallest absolute Gasteiger partial charge is 0.231 e. The van der Waals surface area contributed by atoms with E-state index in [0.29, 0.717) is 13.2 Å². The predicted octanol–water partition coefficient (Wildman–Crippen LogP) is 2.78. The van der Waals surface area contributed by atoms with Crippen LogP contribution in [0.4, 0.5) is 0 Å². The number of benzene rings is 1. The quantitative estimate of drug-likeness (QED) is 0.220. The summed E-state index contributed by atoms with van der Waals surface area (Å²) in [6, 6.07) is 5.59. The third-order valence-corrected chi connectivity index (χ3v) is 3.52. The van der Waals surface area contributed by atoms with E-state index in [1.807, 2.05) is 25.1 Å². The fraction of sp³-hybridized carbons (Fsp3) is 0.611. The number of nitrogens with one attached hydrogen (secondary N) is 2. The van der Waals surface area contributed by atoms with Gasteiger partial charge in [0, 0.05) is 32.4 Å². The molecule has 1 aromatic rings. The fourth-order valence-corrected chi connectivity index (χ4v) is 2.30. The van der Waals surface area contributed by atoms with E-state index in [1.165, 1.54) is 0 Å². The number of hydrogen-bond donors (Lipinski definition) is 2. The lowest BCUT2D eigenvalue weighted by atomic mass is 10.3. The second-order valence-corrected chi connectivity index (χ2v) is 5.45. The minimum Gasteiger partial charge on any atom is -0.492 e. The lowest BCUT2D eigenvalue weighted by Gasteiger charge is -2.12. The van der Waals surface area contributed by atoms with Crippen LogP contribution in [-0.2, 0) is 4.74 Å². The fourth-order valence-electron chi connectivity index (χ4n) is 2.30. The zero-order chi connectivity index (χ0) is 17.7. The van der Waals surface area contributed by atoms with Crippen molar-refractivity contribution in [3.63, 3.8) is 0 Å². The average Bonchev–Trinajstić information content (AvgIpc) is 3.09. The molecule has 0 saturated carbocycles. The maximum absolute atomic E-state index is 5.73. The number of aliphatic imine (C=N–C) groups is 1. The summed E-state index contributed by atoms with van der Waals surface area (Å²) in [6.45, 7) is 8.73. The average molecular weight is 479 g/mol. The van der Waals surface area contributed by atoms with Gasteiger partial charge in [-0.1, -0.05) is 0 Å². The van der Waals surface area contributed by atoms with E-state index in [9.17, 15) is 0 Å². The van der Waals surface area contributed by atoms with Crippen LogP contribution in [-0.4, -0.2) is 52.2 Å². The Morgan fingerprint density at radius 1 is 1.12 bits per heavy atom. The van der Waals surface area contributed by atoms with Gasteiger partial charge in [0.05, 0.1) is 6.54 Å². The van der Waals surface area contributed by atoms with Crippen molar-refractivity contribution in [2.24, 2.45) is 4.99 Å². The molecule has 0 fully saturated rings. The van der Waals surface area contributed by atoms with E-state index in [0.717, 1.165) is 62.4 Å². The maximum atomic E-state index is 5.73. The molecule has 2 N–H and O–H groups in total. The second-order valence-electron chi connectivity index (χ2n) is 5.45. The summed E-state index contributed by atoms with van der Waals surface area (Å²) in [5, 5.41) is 6.50. The summed E-state index contributed by atoms with van der Waals surface area (Å²) in [5.74, 6) is 3.07. The largest absolute Gasteiger partial charge is 0.492 e. The van der Waals surface area contributed by atoms with Crippen molar-refractivity contribution in [1.82, 2.24) is 10.6 Å². The normalized spacial score (nSPS) is 12.5. The van der Waals surface area contributed by atoms with Crippen molar-refractivity contribution in [3.8, 4) is 17.2 Å². The minimum absolute atomic E-state index is 0. The number of halogens is 1. The highest BCUT2D eigenvalue weighted by Gasteiger charge is 2.13. The van der Waals surface area contributed by atoms with Crippen LogP contribution in [0.5, 0.6) is 17.2 Å². The third kappa shape index (κ3) is 8.31. The van der Waals surface area contributed by atoms with Gasteiger partial charge in [0.1, 0.15) is 12.4 Å². The van der Waals surface area contributed by atoms with Crippen LogP contribution in [0.2, 0.25) is 0 Å². The lowest BCUT2D eigenvalue weighted by molar-refractivity contribution is 0.144. The zero-order valence-corrected chi connectivity index (χ0v) is 17.9. The minimum atomic E-state index is 0. The molecule has 1 aliphatic heterocycles. The molecule has 7 nitrogen and oxygen atoms in total. The summed E-state index contributed by atoms with van der Waals surface area (Å²) in [6.07, 6.45) is 2.05. The number of unbranched alkanes of at least 4 members (excludes halogenated alkanes) is 1. The molecule has 0 unspecified atom stereocenters. The van der Waals surface area contributed by atoms with E-state index in [4.69, 9.17) is 18.9 Å². The van der Waals surface area contributed by atoms with Crippen LogP contribution >= 0.6 is 24.0 Å². The van der Waals surface area contributed by atoms with Gasteiger partial charge in [-0.15, -0.1) is 24.0 Å². The van der Waals surface area contributed by atoms with Gasteiger partial charge in [-0.2, -0.15) is 0 Å². The molecule has 2 rings (SSSR count). The Kier molecular flexibility index (Phi) is 12.0. The Bertz CT molecular complexity index is 543. The molecule has 1 aromatic carbocycles. The van der Waals surface area contributed by atoms with Gasteiger partial charge in [-0.25, -0.2) is 0 Å². The van der Waals surface area contributed by atoms with Gasteiger partial charge in [-0.05, 0) is 38.8 Å². The first-order valence-corrected chi connectivity index (χ1v) is 8.95. The number of fused-ring (bicyclic) bond motifs is 1. The van der Waals surface area contributed by atoms with Crippen molar-refractivity contribution in [1.29, 1.82) is 0 Å². The van der Waals surface area contributed by atoms with Crippen LogP contribution in [0.3, 0.4) is 0 Å². The highest BCUT2D eigenvalue weighted by molar-refractivity contribution is 14.0. The van der Waals surface area contributed by atoms with Gasteiger partial charge in [0.2, 0.25) is 6.79 Å². The molecule has 1 aliphatic rings. The highest BCUT2D eigenvalue weighted by Crippen LogP contribution is 2.34. The Morgan fingerprint density at radius 2 is 1.96 bits per heavy atom. The molecule has 26 heavy (non-hydrogen) atoms. The van der Waals surface area contributed by atoms with Crippen molar-refractivity contribution in [2.75, 3.05) is 46.2 Å². The lowest BCUT2D eigenvalue weighted by Crippen LogP contribution is -2.39. The van der Waals surface area contributed by atoms with Crippen LogP contribution in [0, 0.1) is 0 Å². The Hall–Kier alpha value is -1.42. The Balaban J connectivity index is 0.00000338. The van der Waals surface area contributed by atoms with Crippen molar-refractivity contribution in [2.45, 2.75) is 26.7 Å². The van der Waals surface area contributed by atoms with E-state index < -0.39 is 0 Å². The SMILES string of the molecule is CCNC(=NCCCCOCC)NCCOc1ccc2c(c1)OCO2.I. The summed E-state index contributed by atoms with van der Waals surface area (Å²) in [4.78, 5) is 4.55. The number of nitrogens with zero attached hydrogens (tertiary/aromatic N) is 1. The summed E-state index contributed by atoms with van der Waals surface area (Å²) >= 11 is 0. The zero-order valence-electron chi connectivity index (χ0n) is 15.6. The molecule has 0 bridgehead atoms. The monoisotopic (exact) mass is 479 g/mol. The molecule has 0 spiro atoms. The topological polar surface area (TPSA) is 73.3 Å². The molecule has 148 valence electrons. The number of guanidine groups is 1. The molecule has 0 amide bonds. The standard InChI is InChI=1S/C18H29N3O4.HI/c1-3-19-18(20-9-5-6-11-22-4-2)21-10-12-23-15-7-8-16-17(13-15)25-14-24-16;/h7-8,13H,3-6,9-12,14H2,1-2H3,(H2,19,20,21);1H. The molecule has 0 saturated heterocycles. The van der Waals surface area contributed by atoms with Crippen molar-refractivity contribution < 1.29 is 18.9 Å². The van der Waals surface area contributed by atoms with E-state index in [2.05, 4.69) is 22.5 Å². The van der Waals surface area contributed by atoms with Crippen molar-refractivity contribution in [3.05, 3.63) is 18.2 Å². The predicted molar refractivity (Wildman–Crippen MR) is 113 cm³/mol.